The Morgan fingerprint density at radius 3 is 2.85 bits per heavy atom. The van der Waals surface area contributed by atoms with Crippen molar-refractivity contribution >= 4 is 34.6 Å². The second-order valence-electron chi connectivity index (χ2n) is 5.87. The van der Waals surface area contributed by atoms with Gasteiger partial charge in [-0.15, -0.1) is 0 Å². The quantitative estimate of drug-likeness (QED) is 0.449. The molecule has 0 bridgehead atoms. The topological polar surface area (TPSA) is 54.9 Å². The van der Waals surface area contributed by atoms with Gasteiger partial charge in [-0.1, -0.05) is 42.8 Å². The number of unbranched alkanes of at least 4 members (excludes halogenated alkanes) is 1. The van der Waals surface area contributed by atoms with Gasteiger partial charge in [0.05, 0.1) is 10.9 Å². The molecule has 5 heteroatoms. The number of nitrogens with one attached hydrogen (secondary N) is 1. The molecule has 3 aromatic rings. The first-order valence-electron chi connectivity index (χ1n) is 8.62. The number of carbonyl (C=O) groups excluding carboxylic acids is 1. The van der Waals surface area contributed by atoms with Crippen LogP contribution >= 0.6 is 11.6 Å². The Kier molecular flexibility index (Phi) is 5.97. The predicted octanol–water partition coefficient (Wildman–Crippen LogP) is 5.42. The van der Waals surface area contributed by atoms with Crippen LogP contribution in [0.4, 0.5) is 5.82 Å². The van der Waals surface area contributed by atoms with E-state index in [1.165, 1.54) is 0 Å². The first kappa shape index (κ1) is 18.1. The molecule has 0 fully saturated rings. The highest BCUT2D eigenvalue weighted by molar-refractivity contribution is 6.31. The van der Waals surface area contributed by atoms with E-state index in [1.807, 2.05) is 36.5 Å². The van der Waals surface area contributed by atoms with Crippen LogP contribution in [0, 0.1) is 0 Å². The highest BCUT2D eigenvalue weighted by atomic mass is 35.5. The van der Waals surface area contributed by atoms with Gasteiger partial charge in [0.25, 0.3) is 0 Å². The lowest BCUT2D eigenvalue weighted by atomic mass is 9.98. The van der Waals surface area contributed by atoms with E-state index in [0.29, 0.717) is 12.8 Å². The summed E-state index contributed by atoms with van der Waals surface area (Å²) in [5.41, 5.74) is 4.12. The number of nitrogens with zero attached hydrogens (tertiary/aromatic N) is 2. The zero-order valence-corrected chi connectivity index (χ0v) is 15.3. The molecule has 1 heterocycles. The second-order valence-corrected chi connectivity index (χ2v) is 6.28. The average molecular weight is 366 g/mol. The molecular weight excluding hydrogens is 346 g/mol. The lowest BCUT2D eigenvalue weighted by Crippen LogP contribution is -1.96. The summed E-state index contributed by atoms with van der Waals surface area (Å²) in [6, 6.07) is 12.1. The van der Waals surface area contributed by atoms with E-state index in [1.54, 1.807) is 6.33 Å². The van der Waals surface area contributed by atoms with Gasteiger partial charge < -0.3 is 10.1 Å². The van der Waals surface area contributed by atoms with Gasteiger partial charge in [-0.05, 0) is 53.9 Å². The van der Waals surface area contributed by atoms with Crippen molar-refractivity contribution in [1.82, 2.24) is 9.97 Å². The summed E-state index contributed by atoms with van der Waals surface area (Å²) in [5.74, 6) is 0.737. The van der Waals surface area contributed by atoms with E-state index in [-0.39, 0.29) is 0 Å². The van der Waals surface area contributed by atoms with Gasteiger partial charge >= 0.3 is 0 Å². The Hall–Kier alpha value is -2.72. The van der Waals surface area contributed by atoms with Gasteiger partial charge in [-0.3, -0.25) is 0 Å². The number of allylic oxidation sites excluding steroid dienone is 1. The molecule has 132 valence electrons. The molecule has 0 saturated heterocycles. The van der Waals surface area contributed by atoms with Gasteiger partial charge in [0.1, 0.15) is 18.4 Å². The minimum atomic E-state index is 0.512. The van der Waals surface area contributed by atoms with Crippen molar-refractivity contribution in [1.29, 1.82) is 0 Å². The number of rotatable bonds is 7. The van der Waals surface area contributed by atoms with Crippen molar-refractivity contribution < 1.29 is 4.79 Å². The predicted molar refractivity (Wildman–Crippen MR) is 107 cm³/mol. The van der Waals surface area contributed by atoms with Crippen molar-refractivity contribution in [2.75, 3.05) is 5.32 Å². The lowest BCUT2D eigenvalue weighted by molar-refractivity contribution is -0.107. The third kappa shape index (κ3) is 3.92. The zero-order chi connectivity index (χ0) is 18.4. The number of benzene rings is 2. The fourth-order valence-corrected chi connectivity index (χ4v) is 3.11. The Balaban J connectivity index is 2.06. The number of hydrogen-bond acceptors (Lipinski definition) is 4. The Morgan fingerprint density at radius 2 is 2.04 bits per heavy atom. The molecule has 1 aromatic heterocycles. The first-order valence-corrected chi connectivity index (χ1v) is 9.00. The van der Waals surface area contributed by atoms with Gasteiger partial charge in [0.2, 0.25) is 0 Å². The van der Waals surface area contributed by atoms with Crippen molar-refractivity contribution in [2.45, 2.75) is 26.2 Å². The maximum atomic E-state index is 10.4. The molecule has 2 aromatic carbocycles. The molecule has 0 aliphatic rings. The van der Waals surface area contributed by atoms with Crippen LogP contribution in [0.3, 0.4) is 0 Å². The van der Waals surface area contributed by atoms with E-state index < -0.39 is 0 Å². The van der Waals surface area contributed by atoms with Crippen molar-refractivity contribution in [3.05, 3.63) is 65.6 Å². The minimum Gasteiger partial charge on any atom is -0.346 e. The number of halogens is 1. The molecule has 0 radical (unpaired) electrons. The summed E-state index contributed by atoms with van der Waals surface area (Å²) in [4.78, 5) is 19.2. The van der Waals surface area contributed by atoms with E-state index in [9.17, 15) is 4.79 Å². The highest BCUT2D eigenvalue weighted by Crippen LogP contribution is 2.33. The zero-order valence-electron chi connectivity index (χ0n) is 14.6. The molecule has 4 nitrogen and oxygen atoms in total. The monoisotopic (exact) mass is 365 g/mol. The smallest absolute Gasteiger partial charge is 0.141 e. The van der Waals surface area contributed by atoms with E-state index in [2.05, 4.69) is 34.3 Å². The van der Waals surface area contributed by atoms with Crippen molar-refractivity contribution in [3.63, 3.8) is 0 Å². The summed E-state index contributed by atoms with van der Waals surface area (Å²) in [7, 11) is 0. The molecule has 0 aliphatic carbocycles. The standard InChI is InChI=1S/C21H20ClN3O/c1-2-15-13-16(9-10-18(15)22)17-7-6-8-19-20(17)21(25-14-24-19)23-11-4-3-5-12-26/h4,6-14H,2-3,5H2,1H3,(H,23,24,25)/b11-4+. The van der Waals surface area contributed by atoms with Crippen LogP contribution in [0.15, 0.2) is 55.0 Å². The summed E-state index contributed by atoms with van der Waals surface area (Å²) in [5, 5.41) is 4.96. The average Bonchev–Trinajstić information content (AvgIpc) is 2.68. The lowest BCUT2D eigenvalue weighted by Gasteiger charge is -2.12. The molecule has 26 heavy (non-hydrogen) atoms. The Morgan fingerprint density at radius 1 is 1.15 bits per heavy atom. The molecule has 0 atom stereocenters. The van der Waals surface area contributed by atoms with Crippen LogP contribution in [0.25, 0.3) is 22.0 Å². The summed E-state index contributed by atoms with van der Waals surface area (Å²) >= 11 is 6.27. The first-order chi connectivity index (χ1) is 12.7. The molecule has 0 unspecified atom stereocenters. The number of aromatic nitrogens is 2. The normalized spacial score (nSPS) is 11.2. The van der Waals surface area contributed by atoms with Gasteiger partial charge in [-0.25, -0.2) is 9.97 Å². The largest absolute Gasteiger partial charge is 0.346 e. The van der Waals surface area contributed by atoms with Crippen molar-refractivity contribution in [3.8, 4) is 11.1 Å². The van der Waals surface area contributed by atoms with E-state index >= 15 is 0 Å². The van der Waals surface area contributed by atoms with E-state index in [0.717, 1.165) is 51.1 Å². The maximum absolute atomic E-state index is 10.4. The van der Waals surface area contributed by atoms with Crippen LogP contribution in [0.1, 0.15) is 25.3 Å². The van der Waals surface area contributed by atoms with Crippen LogP contribution in [0.5, 0.6) is 0 Å². The number of fused-ring (bicyclic) bond motifs is 1. The SMILES string of the molecule is CCc1cc(-c2cccc3ncnc(N/C=C/CCC=O)c23)ccc1Cl. The van der Waals surface area contributed by atoms with Crippen LogP contribution in [0.2, 0.25) is 5.02 Å². The molecule has 3 rings (SSSR count). The fourth-order valence-electron chi connectivity index (χ4n) is 2.86. The maximum Gasteiger partial charge on any atom is 0.141 e. The van der Waals surface area contributed by atoms with Gasteiger partial charge in [0, 0.05) is 11.4 Å². The van der Waals surface area contributed by atoms with Crippen molar-refractivity contribution in [2.24, 2.45) is 0 Å². The second kappa shape index (κ2) is 8.59. The number of aryl methyl sites for hydroxylation is 1. The summed E-state index contributed by atoms with van der Waals surface area (Å²) in [6.45, 7) is 2.09. The van der Waals surface area contributed by atoms with Crippen LogP contribution in [-0.2, 0) is 11.2 Å². The Bertz CT molecular complexity index is 948. The van der Waals surface area contributed by atoms with Gasteiger partial charge in [-0.2, -0.15) is 0 Å². The van der Waals surface area contributed by atoms with Gasteiger partial charge in [0.15, 0.2) is 0 Å². The summed E-state index contributed by atoms with van der Waals surface area (Å²) in [6.07, 6.45) is 8.28. The number of hydrogen-bond donors (Lipinski definition) is 1. The molecule has 0 aliphatic heterocycles. The number of carbonyl (C=O) groups is 1. The molecule has 0 spiro atoms. The van der Waals surface area contributed by atoms with Crippen LogP contribution in [-0.4, -0.2) is 16.3 Å². The molecule has 1 N–H and O–H groups in total. The third-order valence-electron chi connectivity index (χ3n) is 4.19. The van der Waals surface area contributed by atoms with E-state index in [4.69, 9.17) is 11.6 Å². The third-order valence-corrected chi connectivity index (χ3v) is 4.56. The molecule has 0 saturated carbocycles. The molecule has 0 amide bonds. The van der Waals surface area contributed by atoms with Crippen LogP contribution < -0.4 is 5.32 Å². The molecular formula is C21H20ClN3O. The minimum absolute atomic E-state index is 0.512. The fraction of sp³-hybridized carbons (Fsp3) is 0.190. The summed E-state index contributed by atoms with van der Waals surface area (Å²) < 4.78 is 0. The Labute approximate surface area is 157 Å². The highest BCUT2D eigenvalue weighted by Gasteiger charge is 2.11. The number of aldehydes is 1. The number of anilines is 1.